The van der Waals surface area contributed by atoms with Gasteiger partial charge in [-0.05, 0) is 18.6 Å². The highest BCUT2D eigenvalue weighted by Crippen LogP contribution is 2.34. The van der Waals surface area contributed by atoms with E-state index in [0.29, 0.717) is 12.1 Å². The Labute approximate surface area is 184 Å². The Morgan fingerprint density at radius 1 is 1.21 bits per heavy atom. The Balaban J connectivity index is 1.70. The van der Waals surface area contributed by atoms with Crippen molar-refractivity contribution in [2.75, 3.05) is 24.7 Å². The van der Waals surface area contributed by atoms with Crippen molar-refractivity contribution in [3.05, 3.63) is 47.4 Å². The number of nitrogens with one attached hydrogen (secondary N) is 1. The third kappa shape index (κ3) is 4.37. The fraction of sp³-hybridized carbons (Fsp3) is 0.368. The zero-order chi connectivity index (χ0) is 24.1. The van der Waals surface area contributed by atoms with Crippen LogP contribution in [0.2, 0.25) is 0 Å². The molecule has 3 aromatic rings. The van der Waals surface area contributed by atoms with Gasteiger partial charge in [0.15, 0.2) is 5.82 Å². The van der Waals surface area contributed by atoms with E-state index in [4.69, 9.17) is 0 Å². The van der Waals surface area contributed by atoms with Gasteiger partial charge >= 0.3 is 0 Å². The van der Waals surface area contributed by atoms with Crippen molar-refractivity contribution in [3.8, 4) is 11.3 Å². The number of aliphatic hydroxyl groups is 1. The maximum absolute atomic E-state index is 14.7. The first-order valence-corrected chi connectivity index (χ1v) is 11.5. The molecule has 0 saturated carbocycles. The van der Waals surface area contributed by atoms with Crippen LogP contribution in [0.5, 0.6) is 0 Å². The minimum atomic E-state index is -3.49. The van der Waals surface area contributed by atoms with Crippen LogP contribution in [0, 0.1) is 17.5 Å². The summed E-state index contributed by atoms with van der Waals surface area (Å²) >= 11 is 0. The van der Waals surface area contributed by atoms with Crippen LogP contribution in [0.25, 0.3) is 16.8 Å². The van der Waals surface area contributed by atoms with E-state index in [2.05, 4.69) is 15.4 Å². The van der Waals surface area contributed by atoms with Crippen LogP contribution in [0.4, 0.5) is 27.9 Å². The third-order valence-corrected chi connectivity index (χ3v) is 6.68. The fourth-order valence-corrected chi connectivity index (χ4v) is 4.57. The highest BCUT2D eigenvalue weighted by Gasteiger charge is 2.32. The number of alkyl halides is 2. The Hall–Kier alpha value is -2.84. The second-order valence-corrected chi connectivity index (χ2v) is 9.59. The summed E-state index contributed by atoms with van der Waals surface area (Å²) in [6.07, 6.45) is -2.09. The van der Waals surface area contributed by atoms with E-state index in [9.17, 15) is 35.5 Å². The largest absolute Gasteiger partial charge is 0.390 e. The number of fused-ring (bicyclic) bond motifs is 1. The van der Waals surface area contributed by atoms with Crippen molar-refractivity contribution >= 4 is 21.5 Å². The highest BCUT2D eigenvalue weighted by molar-refractivity contribution is 7.88. The summed E-state index contributed by atoms with van der Waals surface area (Å²) in [6.45, 7) is -0.0466. The number of benzene rings is 1. The molecule has 0 spiro atoms. The van der Waals surface area contributed by atoms with Crippen molar-refractivity contribution < 1.29 is 35.5 Å². The summed E-state index contributed by atoms with van der Waals surface area (Å²) in [5.41, 5.74) is -2.63. The molecule has 1 aromatic carbocycles. The van der Waals surface area contributed by atoms with Crippen molar-refractivity contribution in [2.45, 2.75) is 25.0 Å². The molecule has 0 aliphatic carbocycles. The number of piperidine rings is 1. The molecular weight excluding hydrogens is 473 g/mol. The van der Waals surface area contributed by atoms with E-state index in [0.717, 1.165) is 27.3 Å². The second kappa shape index (κ2) is 8.50. The topological polar surface area (TPSA) is 99.8 Å². The Bertz CT molecular complexity index is 1320. The monoisotopic (exact) mass is 491 g/mol. The summed E-state index contributed by atoms with van der Waals surface area (Å²) in [4.78, 5) is 3.93. The van der Waals surface area contributed by atoms with Crippen molar-refractivity contribution in [3.63, 3.8) is 0 Å². The van der Waals surface area contributed by atoms with Crippen LogP contribution >= 0.6 is 0 Å². The molecule has 1 fully saturated rings. The Morgan fingerprint density at radius 3 is 2.58 bits per heavy atom. The van der Waals surface area contributed by atoms with Crippen LogP contribution in [-0.4, -0.2) is 63.9 Å². The van der Waals surface area contributed by atoms with Crippen LogP contribution in [-0.2, 0) is 10.0 Å². The lowest BCUT2D eigenvalue weighted by atomic mass is 10.0. The number of β-amino-alcohol motifs (C(OH)–C–C–N with tert-alkyl or cyclic N) is 1. The average molecular weight is 491 g/mol. The van der Waals surface area contributed by atoms with Gasteiger partial charge in [0.1, 0.15) is 17.2 Å². The number of hydrogen-bond acceptors (Lipinski definition) is 6. The van der Waals surface area contributed by atoms with E-state index < -0.39 is 62.9 Å². The molecule has 0 radical (unpaired) electrons. The van der Waals surface area contributed by atoms with Crippen LogP contribution in [0.1, 0.15) is 18.4 Å². The Kier molecular flexibility index (Phi) is 6.01. The molecule has 33 heavy (non-hydrogen) atoms. The van der Waals surface area contributed by atoms with Gasteiger partial charge in [-0.2, -0.15) is 4.31 Å². The zero-order valence-corrected chi connectivity index (χ0v) is 17.8. The SMILES string of the molecule is CS(=O)(=O)N1CC[C@@H](Nc2ncc3c(F)cc(-c4c(F)ccc(C(F)F)c4F)n3n2)[C@H](O)C1. The molecule has 3 heterocycles. The van der Waals surface area contributed by atoms with E-state index in [1.54, 1.807) is 0 Å². The predicted octanol–water partition coefficient (Wildman–Crippen LogP) is 2.56. The first-order chi connectivity index (χ1) is 15.5. The fourth-order valence-electron chi connectivity index (χ4n) is 3.71. The molecule has 0 bridgehead atoms. The lowest BCUT2D eigenvalue weighted by molar-refractivity contribution is 0.0950. The molecule has 2 aromatic heterocycles. The van der Waals surface area contributed by atoms with Gasteiger partial charge in [-0.3, -0.25) is 0 Å². The molecular formula is C19H18F5N5O3S. The van der Waals surface area contributed by atoms with Crippen LogP contribution in [0.15, 0.2) is 24.4 Å². The molecule has 178 valence electrons. The number of sulfonamides is 1. The molecule has 4 rings (SSSR count). The summed E-state index contributed by atoms with van der Waals surface area (Å²) in [7, 11) is -3.49. The van der Waals surface area contributed by atoms with Gasteiger partial charge in [-0.25, -0.2) is 39.9 Å². The number of aliphatic hydroxyl groups excluding tert-OH is 1. The zero-order valence-electron chi connectivity index (χ0n) is 17.0. The lowest BCUT2D eigenvalue weighted by Gasteiger charge is -2.34. The van der Waals surface area contributed by atoms with E-state index in [-0.39, 0.29) is 31.0 Å². The average Bonchev–Trinajstić information content (AvgIpc) is 3.04. The smallest absolute Gasteiger partial charge is 0.266 e. The number of hydrogen-bond donors (Lipinski definition) is 2. The van der Waals surface area contributed by atoms with Gasteiger partial charge < -0.3 is 10.4 Å². The highest BCUT2D eigenvalue weighted by atomic mass is 32.2. The van der Waals surface area contributed by atoms with Gasteiger partial charge in [0.2, 0.25) is 16.0 Å². The summed E-state index contributed by atoms with van der Waals surface area (Å²) in [5.74, 6) is -3.81. The summed E-state index contributed by atoms with van der Waals surface area (Å²) in [5, 5.41) is 17.1. The minimum absolute atomic E-state index is 0.121. The standard InChI is InChI=1S/C19H18F5N5O3S/c1-33(31,32)28-5-4-12(15(30)8-28)26-19-25-7-14-11(21)6-13(29(14)27-19)16-10(20)3-2-9(17(16)22)18(23)24/h2-3,6-7,12,15,18,30H,4-5,8H2,1H3,(H,26,27)/t12-,15-/m1/s1. The van der Waals surface area contributed by atoms with Gasteiger partial charge in [0.05, 0.1) is 41.4 Å². The third-order valence-electron chi connectivity index (χ3n) is 5.41. The second-order valence-electron chi connectivity index (χ2n) is 7.61. The maximum Gasteiger partial charge on any atom is 0.266 e. The van der Waals surface area contributed by atoms with Gasteiger partial charge in [-0.15, -0.1) is 5.10 Å². The number of halogens is 5. The number of nitrogens with zero attached hydrogens (tertiary/aromatic N) is 4. The van der Waals surface area contributed by atoms with Crippen molar-refractivity contribution in [1.29, 1.82) is 0 Å². The van der Waals surface area contributed by atoms with Gasteiger partial charge in [-0.1, -0.05) is 0 Å². The molecule has 1 aliphatic rings. The maximum atomic E-state index is 14.7. The van der Waals surface area contributed by atoms with Crippen LogP contribution in [0.3, 0.4) is 0 Å². The van der Waals surface area contributed by atoms with E-state index >= 15 is 0 Å². The van der Waals surface area contributed by atoms with Gasteiger partial charge in [0, 0.05) is 19.2 Å². The van der Waals surface area contributed by atoms with Gasteiger partial charge in [0.25, 0.3) is 6.43 Å². The summed E-state index contributed by atoms with van der Waals surface area (Å²) < 4.78 is 94.9. The Morgan fingerprint density at radius 2 is 1.94 bits per heavy atom. The molecule has 1 saturated heterocycles. The molecule has 0 amide bonds. The predicted molar refractivity (Wildman–Crippen MR) is 108 cm³/mol. The number of rotatable bonds is 5. The molecule has 1 aliphatic heterocycles. The van der Waals surface area contributed by atoms with Crippen LogP contribution < -0.4 is 5.32 Å². The van der Waals surface area contributed by atoms with Crippen molar-refractivity contribution in [2.24, 2.45) is 0 Å². The quantitative estimate of drug-likeness (QED) is 0.533. The summed E-state index contributed by atoms with van der Waals surface area (Å²) in [6, 6.07) is 1.35. The molecule has 2 N–H and O–H groups in total. The van der Waals surface area contributed by atoms with Crippen molar-refractivity contribution in [1.82, 2.24) is 18.9 Å². The number of aromatic nitrogens is 3. The van der Waals surface area contributed by atoms with E-state index in [1.807, 2.05) is 0 Å². The first-order valence-electron chi connectivity index (χ1n) is 9.67. The first kappa shape index (κ1) is 23.3. The molecule has 8 nitrogen and oxygen atoms in total. The minimum Gasteiger partial charge on any atom is -0.390 e. The normalized spacial score (nSPS) is 20.0. The molecule has 14 heteroatoms. The number of anilines is 1. The lowest BCUT2D eigenvalue weighted by Crippen LogP contribution is -2.51. The van der Waals surface area contributed by atoms with E-state index in [1.165, 1.54) is 0 Å². The molecule has 0 unspecified atom stereocenters. The molecule has 2 atom stereocenters.